The van der Waals surface area contributed by atoms with Crippen molar-refractivity contribution in [2.75, 3.05) is 6.61 Å². The van der Waals surface area contributed by atoms with Gasteiger partial charge in [-0.15, -0.1) is 0 Å². The quantitative estimate of drug-likeness (QED) is 0.640. The Morgan fingerprint density at radius 3 is 2.64 bits per heavy atom. The van der Waals surface area contributed by atoms with Gasteiger partial charge in [0.05, 0.1) is 23.5 Å². The number of alkyl halides is 3. The van der Waals surface area contributed by atoms with Crippen LogP contribution in [0.25, 0.3) is 17.1 Å². The number of phenols is 1. The SMILES string of the molecule is CCOC(=O)c1cnn(-c2cccc(-c3cccc(Cl)c3O)n2)c1C(F)(F)F. The van der Waals surface area contributed by atoms with Crippen LogP contribution >= 0.6 is 11.6 Å². The zero-order chi connectivity index (χ0) is 20.5. The molecule has 0 aliphatic heterocycles. The van der Waals surface area contributed by atoms with Crippen molar-refractivity contribution in [2.24, 2.45) is 0 Å². The number of phenolic OH excluding ortho intramolecular Hbond substituents is 1. The van der Waals surface area contributed by atoms with E-state index in [-0.39, 0.29) is 34.5 Å². The number of aromatic nitrogens is 3. The molecule has 1 N–H and O–H groups in total. The summed E-state index contributed by atoms with van der Waals surface area (Å²) >= 11 is 5.88. The van der Waals surface area contributed by atoms with Crippen molar-refractivity contribution in [1.82, 2.24) is 14.8 Å². The summed E-state index contributed by atoms with van der Waals surface area (Å²) in [6, 6.07) is 8.79. The summed E-state index contributed by atoms with van der Waals surface area (Å²) in [6.07, 6.45) is -4.10. The topological polar surface area (TPSA) is 77.2 Å². The number of hydrogen-bond donors (Lipinski definition) is 1. The van der Waals surface area contributed by atoms with E-state index in [9.17, 15) is 23.1 Å². The highest BCUT2D eigenvalue weighted by atomic mass is 35.5. The first kappa shape index (κ1) is 19.7. The number of para-hydroxylation sites is 1. The Labute approximate surface area is 162 Å². The molecule has 0 saturated heterocycles. The largest absolute Gasteiger partial charge is 0.506 e. The summed E-state index contributed by atoms with van der Waals surface area (Å²) < 4.78 is 46.0. The van der Waals surface area contributed by atoms with Crippen molar-refractivity contribution in [2.45, 2.75) is 13.1 Å². The van der Waals surface area contributed by atoms with Gasteiger partial charge in [0.2, 0.25) is 0 Å². The maximum absolute atomic E-state index is 13.6. The third-order valence-electron chi connectivity index (χ3n) is 3.75. The lowest BCUT2D eigenvalue weighted by Gasteiger charge is -2.13. The second-order valence-electron chi connectivity index (χ2n) is 5.55. The van der Waals surface area contributed by atoms with Crippen LogP contribution in [-0.4, -0.2) is 32.4 Å². The minimum absolute atomic E-state index is 0.0735. The highest BCUT2D eigenvalue weighted by Crippen LogP contribution is 2.36. The zero-order valence-electron chi connectivity index (χ0n) is 14.4. The smallest absolute Gasteiger partial charge is 0.434 e. The van der Waals surface area contributed by atoms with Gasteiger partial charge in [-0.1, -0.05) is 23.7 Å². The van der Waals surface area contributed by atoms with E-state index in [1.165, 1.54) is 37.3 Å². The number of benzene rings is 1. The first-order valence-electron chi connectivity index (χ1n) is 8.01. The molecule has 146 valence electrons. The molecule has 0 atom stereocenters. The van der Waals surface area contributed by atoms with Gasteiger partial charge in [0.25, 0.3) is 0 Å². The Balaban J connectivity index is 2.15. The van der Waals surface area contributed by atoms with E-state index in [1.54, 1.807) is 6.07 Å². The fourth-order valence-corrected chi connectivity index (χ4v) is 2.74. The number of carbonyl (C=O) groups is 1. The maximum Gasteiger partial charge on any atom is 0.434 e. The molecule has 0 spiro atoms. The van der Waals surface area contributed by atoms with Crippen molar-refractivity contribution in [3.63, 3.8) is 0 Å². The Bertz CT molecular complexity index is 1030. The molecule has 0 fully saturated rings. The molecule has 0 saturated carbocycles. The fraction of sp³-hybridized carbons (Fsp3) is 0.167. The summed E-state index contributed by atoms with van der Waals surface area (Å²) in [5.74, 6) is -1.58. The minimum atomic E-state index is -4.88. The van der Waals surface area contributed by atoms with Gasteiger partial charge in [-0.05, 0) is 31.2 Å². The standard InChI is InChI=1S/C18H13ClF3N3O3/c1-2-28-17(27)11-9-23-25(16(11)18(20,21)22)14-8-4-7-13(24-14)10-5-3-6-12(19)15(10)26/h3-9,26H,2H2,1H3. The van der Waals surface area contributed by atoms with Crippen molar-refractivity contribution in [1.29, 1.82) is 0 Å². The van der Waals surface area contributed by atoms with Crippen molar-refractivity contribution < 1.29 is 27.8 Å². The average Bonchev–Trinajstić information content (AvgIpc) is 3.10. The van der Waals surface area contributed by atoms with Gasteiger partial charge in [-0.25, -0.2) is 14.5 Å². The molecule has 6 nitrogen and oxygen atoms in total. The lowest BCUT2D eigenvalue weighted by molar-refractivity contribution is -0.143. The van der Waals surface area contributed by atoms with Gasteiger partial charge < -0.3 is 9.84 Å². The number of halogens is 4. The molecular weight excluding hydrogens is 399 g/mol. The van der Waals surface area contributed by atoms with Crippen LogP contribution < -0.4 is 0 Å². The third-order valence-corrected chi connectivity index (χ3v) is 4.05. The highest BCUT2D eigenvalue weighted by molar-refractivity contribution is 6.32. The number of rotatable bonds is 4. The Hall–Kier alpha value is -3.07. The van der Waals surface area contributed by atoms with Gasteiger partial charge in [0, 0.05) is 5.56 Å². The molecule has 2 aromatic heterocycles. The molecule has 0 aliphatic carbocycles. The summed E-state index contributed by atoms with van der Waals surface area (Å²) in [5, 5.41) is 13.8. The second kappa shape index (κ2) is 7.51. The molecule has 3 rings (SSSR count). The number of carbonyl (C=O) groups excluding carboxylic acids is 1. The first-order valence-corrected chi connectivity index (χ1v) is 8.39. The Kier molecular flexibility index (Phi) is 5.28. The molecule has 0 aliphatic rings. The summed E-state index contributed by atoms with van der Waals surface area (Å²) in [6.45, 7) is 1.40. The number of pyridine rings is 1. The van der Waals surface area contributed by atoms with E-state index < -0.39 is 23.4 Å². The van der Waals surface area contributed by atoms with Gasteiger partial charge in [-0.2, -0.15) is 18.3 Å². The van der Waals surface area contributed by atoms with Crippen LogP contribution in [0.5, 0.6) is 5.75 Å². The number of hydrogen-bond acceptors (Lipinski definition) is 5. The molecule has 2 heterocycles. The minimum Gasteiger partial charge on any atom is -0.506 e. The summed E-state index contributed by atoms with van der Waals surface area (Å²) in [5.41, 5.74) is -1.60. The number of aromatic hydroxyl groups is 1. The normalized spacial score (nSPS) is 11.5. The van der Waals surface area contributed by atoms with Crippen molar-refractivity contribution in [3.8, 4) is 22.8 Å². The molecule has 0 radical (unpaired) electrons. The molecular formula is C18H13ClF3N3O3. The van der Waals surface area contributed by atoms with Gasteiger partial charge in [-0.3, -0.25) is 0 Å². The molecule has 3 aromatic rings. The molecule has 0 unspecified atom stereocenters. The Morgan fingerprint density at radius 2 is 1.96 bits per heavy atom. The first-order chi connectivity index (χ1) is 13.2. The van der Waals surface area contributed by atoms with Crippen molar-refractivity contribution >= 4 is 17.6 Å². The van der Waals surface area contributed by atoms with Crippen LogP contribution in [-0.2, 0) is 10.9 Å². The molecule has 0 bridgehead atoms. The maximum atomic E-state index is 13.6. The van der Waals surface area contributed by atoms with E-state index in [2.05, 4.69) is 14.8 Å². The van der Waals surface area contributed by atoms with Crippen LogP contribution in [0.2, 0.25) is 5.02 Å². The van der Waals surface area contributed by atoms with E-state index in [0.29, 0.717) is 4.68 Å². The number of nitrogens with zero attached hydrogens (tertiary/aromatic N) is 3. The fourth-order valence-electron chi connectivity index (χ4n) is 2.57. The van der Waals surface area contributed by atoms with Crippen LogP contribution in [0.4, 0.5) is 13.2 Å². The predicted octanol–water partition coefficient (Wildman–Crippen LogP) is 4.49. The van der Waals surface area contributed by atoms with Crippen LogP contribution in [0, 0.1) is 0 Å². The van der Waals surface area contributed by atoms with Crippen LogP contribution in [0.1, 0.15) is 23.0 Å². The van der Waals surface area contributed by atoms with Gasteiger partial charge in [0.15, 0.2) is 11.5 Å². The van der Waals surface area contributed by atoms with Crippen molar-refractivity contribution in [3.05, 3.63) is 58.9 Å². The Morgan fingerprint density at radius 1 is 1.25 bits per heavy atom. The van der Waals surface area contributed by atoms with Crippen LogP contribution in [0.3, 0.4) is 0 Å². The lowest BCUT2D eigenvalue weighted by atomic mass is 10.1. The monoisotopic (exact) mass is 411 g/mol. The number of esters is 1. The number of ether oxygens (including phenoxy) is 1. The average molecular weight is 412 g/mol. The zero-order valence-corrected chi connectivity index (χ0v) is 15.1. The third kappa shape index (κ3) is 3.65. The summed E-state index contributed by atoms with van der Waals surface area (Å²) in [7, 11) is 0. The van der Waals surface area contributed by atoms with E-state index in [4.69, 9.17) is 11.6 Å². The molecule has 0 amide bonds. The van der Waals surface area contributed by atoms with E-state index >= 15 is 0 Å². The van der Waals surface area contributed by atoms with E-state index in [1.807, 2.05) is 0 Å². The second-order valence-corrected chi connectivity index (χ2v) is 5.96. The lowest BCUT2D eigenvalue weighted by Crippen LogP contribution is -2.19. The van der Waals surface area contributed by atoms with Crippen LogP contribution in [0.15, 0.2) is 42.6 Å². The summed E-state index contributed by atoms with van der Waals surface area (Å²) in [4.78, 5) is 16.0. The highest BCUT2D eigenvalue weighted by Gasteiger charge is 2.41. The molecule has 28 heavy (non-hydrogen) atoms. The van der Waals surface area contributed by atoms with Gasteiger partial charge in [0.1, 0.15) is 11.3 Å². The van der Waals surface area contributed by atoms with E-state index in [0.717, 1.165) is 6.20 Å². The predicted molar refractivity (Wildman–Crippen MR) is 94.4 cm³/mol. The molecule has 1 aromatic carbocycles. The molecule has 10 heteroatoms. The van der Waals surface area contributed by atoms with Gasteiger partial charge >= 0.3 is 12.1 Å².